The molecule has 106 valence electrons. The van der Waals surface area contributed by atoms with Crippen molar-refractivity contribution in [2.24, 2.45) is 5.84 Å². The first-order valence-corrected chi connectivity index (χ1v) is 6.21. The second-order valence-corrected chi connectivity index (χ2v) is 4.47. The van der Waals surface area contributed by atoms with Gasteiger partial charge in [0, 0.05) is 0 Å². The molecule has 21 heavy (non-hydrogen) atoms. The van der Waals surface area contributed by atoms with Gasteiger partial charge >= 0.3 is 0 Å². The van der Waals surface area contributed by atoms with Crippen LogP contribution >= 0.6 is 0 Å². The summed E-state index contributed by atoms with van der Waals surface area (Å²) in [6.07, 6.45) is 0. The fourth-order valence-corrected chi connectivity index (χ4v) is 2.20. The van der Waals surface area contributed by atoms with Gasteiger partial charge in [-0.1, -0.05) is 30.3 Å². The summed E-state index contributed by atoms with van der Waals surface area (Å²) in [6.45, 7) is 1.85. The Morgan fingerprint density at radius 1 is 1.24 bits per heavy atom. The highest BCUT2D eigenvalue weighted by Gasteiger charge is 2.20. The van der Waals surface area contributed by atoms with E-state index in [0.717, 1.165) is 16.8 Å². The molecule has 1 amide bonds. The van der Waals surface area contributed by atoms with Gasteiger partial charge < -0.3 is 5.73 Å². The van der Waals surface area contributed by atoms with E-state index >= 15 is 0 Å². The lowest BCUT2D eigenvalue weighted by Gasteiger charge is -2.04. The van der Waals surface area contributed by atoms with Crippen molar-refractivity contribution in [3.63, 3.8) is 0 Å². The lowest BCUT2D eigenvalue weighted by Crippen LogP contribution is -2.32. The predicted octanol–water partition coefficient (Wildman–Crippen LogP) is 0.285. The third kappa shape index (κ3) is 1.98. The van der Waals surface area contributed by atoms with Crippen LogP contribution in [0, 0.1) is 6.92 Å². The molecule has 8 nitrogen and oxygen atoms in total. The Morgan fingerprint density at radius 2 is 1.95 bits per heavy atom. The number of nitrogens with two attached hydrogens (primary N) is 2. The van der Waals surface area contributed by atoms with E-state index in [1.807, 2.05) is 42.7 Å². The van der Waals surface area contributed by atoms with Crippen LogP contribution in [0.5, 0.6) is 0 Å². The number of nitrogen functional groups attached to an aromatic ring is 2. The summed E-state index contributed by atoms with van der Waals surface area (Å²) in [6, 6.07) is 9.66. The largest absolute Gasteiger partial charge is 0.382 e. The van der Waals surface area contributed by atoms with E-state index in [-0.39, 0.29) is 11.5 Å². The lowest BCUT2D eigenvalue weighted by molar-refractivity contribution is 0.0948. The Balaban J connectivity index is 2.28. The van der Waals surface area contributed by atoms with Crippen molar-refractivity contribution in [3.8, 4) is 11.1 Å². The van der Waals surface area contributed by atoms with Crippen molar-refractivity contribution >= 4 is 17.4 Å². The van der Waals surface area contributed by atoms with Gasteiger partial charge in [0.25, 0.3) is 5.91 Å². The van der Waals surface area contributed by atoms with Crippen LogP contribution in [0.15, 0.2) is 30.3 Å². The third-order valence-corrected chi connectivity index (χ3v) is 3.16. The fraction of sp³-hybridized carbons (Fsp3) is 0.0769. The van der Waals surface area contributed by atoms with Gasteiger partial charge in [0.1, 0.15) is 0 Å². The van der Waals surface area contributed by atoms with Crippen molar-refractivity contribution in [3.05, 3.63) is 41.7 Å². The minimum atomic E-state index is -0.615. The second kappa shape index (κ2) is 4.84. The van der Waals surface area contributed by atoms with E-state index in [2.05, 4.69) is 15.3 Å². The van der Waals surface area contributed by atoms with Crippen molar-refractivity contribution in [2.45, 2.75) is 6.92 Å². The number of aryl methyl sites for hydroxylation is 1. The zero-order chi connectivity index (χ0) is 15.0. The highest BCUT2D eigenvalue weighted by Crippen LogP contribution is 2.27. The minimum Gasteiger partial charge on any atom is -0.382 e. The summed E-state index contributed by atoms with van der Waals surface area (Å²) in [5.74, 6) is 4.57. The zero-order valence-electron chi connectivity index (χ0n) is 11.2. The Hall–Kier alpha value is -3.00. The molecule has 3 rings (SSSR count). The van der Waals surface area contributed by atoms with Gasteiger partial charge in [0.05, 0.1) is 11.3 Å². The van der Waals surface area contributed by atoms with E-state index in [9.17, 15) is 4.79 Å². The zero-order valence-corrected chi connectivity index (χ0v) is 11.2. The van der Waals surface area contributed by atoms with Crippen molar-refractivity contribution < 1.29 is 4.79 Å². The molecule has 0 fully saturated rings. The molecule has 8 heteroatoms. The minimum absolute atomic E-state index is 0.0629. The van der Waals surface area contributed by atoms with Crippen molar-refractivity contribution in [1.29, 1.82) is 0 Å². The average Bonchev–Trinajstić information content (AvgIpc) is 2.85. The molecule has 0 bridgehead atoms. The molecular weight excluding hydrogens is 270 g/mol. The van der Waals surface area contributed by atoms with Crippen LogP contribution < -0.4 is 17.0 Å². The molecule has 5 N–H and O–H groups in total. The van der Waals surface area contributed by atoms with E-state index in [1.54, 1.807) is 0 Å². The molecule has 0 aliphatic heterocycles. The van der Waals surface area contributed by atoms with Gasteiger partial charge in [0.2, 0.25) is 0 Å². The smallest absolute Gasteiger partial charge is 0.289 e. The van der Waals surface area contributed by atoms with E-state index in [0.29, 0.717) is 5.65 Å². The third-order valence-electron chi connectivity index (χ3n) is 3.16. The van der Waals surface area contributed by atoms with Crippen LogP contribution in [-0.4, -0.2) is 25.7 Å². The number of rotatable bonds is 2. The van der Waals surface area contributed by atoms with Crippen LogP contribution in [0.4, 0.5) is 5.82 Å². The van der Waals surface area contributed by atoms with Gasteiger partial charge in [-0.15, -0.1) is 10.2 Å². The van der Waals surface area contributed by atoms with Crippen LogP contribution in [0.3, 0.4) is 0 Å². The molecule has 0 aliphatic rings. The van der Waals surface area contributed by atoms with E-state index in [1.165, 1.54) is 4.52 Å². The lowest BCUT2D eigenvalue weighted by atomic mass is 10.1. The van der Waals surface area contributed by atoms with Gasteiger partial charge in [-0.3, -0.25) is 10.2 Å². The first kappa shape index (κ1) is 13.0. The van der Waals surface area contributed by atoms with Crippen molar-refractivity contribution in [2.75, 3.05) is 5.73 Å². The normalized spacial score (nSPS) is 10.8. The van der Waals surface area contributed by atoms with Gasteiger partial charge in [-0.05, 0) is 12.5 Å². The first-order valence-electron chi connectivity index (χ1n) is 6.21. The molecule has 3 aromatic rings. The number of carbonyl (C=O) groups is 1. The SMILES string of the molecule is Cc1nn2c(N)c(C(=O)NN)nnc2c1-c1ccccc1. The average molecular weight is 283 g/mol. The fourth-order valence-electron chi connectivity index (χ4n) is 2.20. The summed E-state index contributed by atoms with van der Waals surface area (Å²) in [7, 11) is 0. The molecule has 0 atom stereocenters. The number of amides is 1. The van der Waals surface area contributed by atoms with Gasteiger partial charge in [-0.2, -0.15) is 9.61 Å². The molecule has 0 saturated carbocycles. The van der Waals surface area contributed by atoms with Gasteiger partial charge in [0.15, 0.2) is 17.2 Å². The highest BCUT2D eigenvalue weighted by atomic mass is 16.2. The Labute approximate surface area is 119 Å². The van der Waals surface area contributed by atoms with E-state index < -0.39 is 5.91 Å². The summed E-state index contributed by atoms with van der Waals surface area (Å²) < 4.78 is 1.40. The Morgan fingerprint density at radius 3 is 2.62 bits per heavy atom. The van der Waals surface area contributed by atoms with E-state index in [4.69, 9.17) is 11.6 Å². The molecule has 2 aromatic heterocycles. The number of aromatic nitrogens is 4. The maximum absolute atomic E-state index is 11.6. The van der Waals surface area contributed by atoms with Crippen LogP contribution in [0.1, 0.15) is 16.2 Å². The maximum Gasteiger partial charge on any atom is 0.289 e. The summed E-state index contributed by atoms with van der Waals surface area (Å²) in [5, 5.41) is 12.2. The monoisotopic (exact) mass is 283 g/mol. The number of nitrogens with one attached hydrogen (secondary N) is 1. The number of anilines is 1. The topological polar surface area (TPSA) is 124 Å². The molecule has 0 aliphatic carbocycles. The molecule has 0 saturated heterocycles. The molecule has 0 spiro atoms. The molecular formula is C13H13N7O. The number of hydrogen-bond acceptors (Lipinski definition) is 6. The van der Waals surface area contributed by atoms with Crippen LogP contribution in [0.25, 0.3) is 16.8 Å². The number of benzene rings is 1. The molecule has 2 heterocycles. The van der Waals surface area contributed by atoms with Crippen LogP contribution in [0.2, 0.25) is 0 Å². The number of hydrogen-bond donors (Lipinski definition) is 3. The summed E-state index contributed by atoms with van der Waals surface area (Å²) >= 11 is 0. The second-order valence-electron chi connectivity index (χ2n) is 4.47. The highest BCUT2D eigenvalue weighted by molar-refractivity contribution is 5.96. The van der Waals surface area contributed by atoms with Gasteiger partial charge in [-0.25, -0.2) is 5.84 Å². The maximum atomic E-state index is 11.6. The molecule has 0 unspecified atom stereocenters. The Kier molecular flexibility index (Phi) is 2.99. The number of carbonyl (C=O) groups excluding carboxylic acids is 1. The number of hydrazine groups is 1. The first-order chi connectivity index (χ1) is 10.1. The summed E-state index contributed by atoms with van der Waals surface area (Å²) in [4.78, 5) is 11.6. The number of fused-ring (bicyclic) bond motifs is 1. The molecule has 0 radical (unpaired) electrons. The Bertz CT molecular complexity index is 825. The summed E-state index contributed by atoms with van der Waals surface area (Å²) in [5.41, 5.74) is 10.9. The predicted molar refractivity (Wildman–Crippen MR) is 77.0 cm³/mol. The van der Waals surface area contributed by atoms with Crippen molar-refractivity contribution in [1.82, 2.24) is 25.2 Å². The molecule has 1 aromatic carbocycles. The van der Waals surface area contributed by atoms with Crippen LogP contribution in [-0.2, 0) is 0 Å². The quantitative estimate of drug-likeness (QED) is 0.352. The number of nitrogens with zero attached hydrogens (tertiary/aromatic N) is 4. The standard InChI is InChI=1S/C13H13N7O/c1-7-9(8-5-3-2-4-6-8)12-18-17-10(13(21)16-15)11(14)20(12)19-7/h2-6H,14-15H2,1H3,(H,16,21).